The zero-order valence-electron chi connectivity index (χ0n) is 15.2. The standard InChI is InChI=1S/C20H25NO3S/c1-5-15-7-10-19(14(3)11-15)24-13-16-8-9-17(23-6-2)12-18(16)21-20(22)25-4/h7-12H,5-6,13H2,1-4H3,(H,21,22). The Morgan fingerprint density at radius 2 is 1.92 bits per heavy atom. The summed E-state index contributed by atoms with van der Waals surface area (Å²) in [6, 6.07) is 11.9. The van der Waals surface area contributed by atoms with E-state index in [-0.39, 0.29) is 5.24 Å². The van der Waals surface area contributed by atoms with Crippen molar-refractivity contribution in [2.45, 2.75) is 33.8 Å². The van der Waals surface area contributed by atoms with Crippen LogP contribution < -0.4 is 14.8 Å². The minimum absolute atomic E-state index is 0.113. The van der Waals surface area contributed by atoms with Gasteiger partial charge < -0.3 is 14.8 Å². The summed E-state index contributed by atoms with van der Waals surface area (Å²) in [5.74, 6) is 1.58. The number of amides is 1. The van der Waals surface area contributed by atoms with Gasteiger partial charge in [0.2, 0.25) is 0 Å². The first-order valence-electron chi connectivity index (χ1n) is 8.40. The lowest BCUT2D eigenvalue weighted by Crippen LogP contribution is -2.09. The van der Waals surface area contributed by atoms with Crippen LogP contribution in [0.2, 0.25) is 0 Å². The van der Waals surface area contributed by atoms with E-state index in [1.54, 1.807) is 6.26 Å². The number of carbonyl (C=O) groups is 1. The molecule has 5 heteroatoms. The van der Waals surface area contributed by atoms with Crippen LogP contribution in [0.4, 0.5) is 10.5 Å². The molecular weight excluding hydrogens is 334 g/mol. The van der Waals surface area contributed by atoms with Gasteiger partial charge in [-0.2, -0.15) is 0 Å². The van der Waals surface area contributed by atoms with Crippen LogP contribution in [0.15, 0.2) is 36.4 Å². The van der Waals surface area contributed by atoms with E-state index in [2.05, 4.69) is 24.4 Å². The van der Waals surface area contributed by atoms with Crippen molar-refractivity contribution >= 4 is 22.7 Å². The molecule has 2 aromatic carbocycles. The molecule has 0 aliphatic heterocycles. The number of benzene rings is 2. The number of aryl methyl sites for hydroxylation is 2. The molecule has 0 radical (unpaired) electrons. The van der Waals surface area contributed by atoms with Crippen LogP contribution in [0.5, 0.6) is 11.5 Å². The fraction of sp³-hybridized carbons (Fsp3) is 0.350. The van der Waals surface area contributed by atoms with Gasteiger partial charge >= 0.3 is 0 Å². The monoisotopic (exact) mass is 359 g/mol. The molecule has 25 heavy (non-hydrogen) atoms. The summed E-state index contributed by atoms with van der Waals surface area (Å²) in [5.41, 5.74) is 4.02. The van der Waals surface area contributed by atoms with Crippen LogP contribution in [0, 0.1) is 6.92 Å². The summed E-state index contributed by atoms with van der Waals surface area (Å²) in [7, 11) is 0. The highest BCUT2D eigenvalue weighted by molar-refractivity contribution is 8.13. The van der Waals surface area contributed by atoms with Crippen molar-refractivity contribution in [3.63, 3.8) is 0 Å². The van der Waals surface area contributed by atoms with Crippen LogP contribution in [-0.4, -0.2) is 18.1 Å². The van der Waals surface area contributed by atoms with Crippen molar-refractivity contribution in [3.8, 4) is 11.5 Å². The van der Waals surface area contributed by atoms with Crippen molar-refractivity contribution in [2.24, 2.45) is 0 Å². The Morgan fingerprint density at radius 1 is 1.12 bits per heavy atom. The largest absolute Gasteiger partial charge is 0.494 e. The van der Waals surface area contributed by atoms with Gasteiger partial charge in [-0.15, -0.1) is 0 Å². The number of thioether (sulfide) groups is 1. The molecule has 0 saturated carbocycles. The molecule has 2 aromatic rings. The molecule has 1 N–H and O–H groups in total. The molecule has 0 saturated heterocycles. The molecule has 0 heterocycles. The van der Waals surface area contributed by atoms with Crippen molar-refractivity contribution in [3.05, 3.63) is 53.1 Å². The van der Waals surface area contributed by atoms with E-state index in [0.717, 1.165) is 40.8 Å². The smallest absolute Gasteiger partial charge is 0.283 e. The zero-order chi connectivity index (χ0) is 18.2. The lowest BCUT2D eigenvalue weighted by molar-refractivity contribution is 0.269. The highest BCUT2D eigenvalue weighted by Gasteiger charge is 2.10. The number of hydrogen-bond acceptors (Lipinski definition) is 4. The normalized spacial score (nSPS) is 10.4. The van der Waals surface area contributed by atoms with Crippen molar-refractivity contribution < 1.29 is 14.3 Å². The van der Waals surface area contributed by atoms with Gasteiger partial charge in [0.05, 0.1) is 12.3 Å². The first-order valence-corrected chi connectivity index (χ1v) is 9.62. The maximum atomic E-state index is 11.8. The van der Waals surface area contributed by atoms with Crippen LogP contribution in [0.3, 0.4) is 0 Å². The minimum Gasteiger partial charge on any atom is -0.494 e. The third-order valence-corrected chi connectivity index (χ3v) is 4.32. The van der Waals surface area contributed by atoms with Gasteiger partial charge in [-0.3, -0.25) is 4.79 Å². The molecule has 0 bridgehead atoms. The second-order valence-corrected chi connectivity index (χ2v) is 6.39. The van der Waals surface area contributed by atoms with Gasteiger partial charge in [-0.1, -0.05) is 30.8 Å². The molecule has 4 nitrogen and oxygen atoms in total. The maximum Gasteiger partial charge on any atom is 0.283 e. The highest BCUT2D eigenvalue weighted by Crippen LogP contribution is 2.27. The topological polar surface area (TPSA) is 47.6 Å². The molecule has 0 aliphatic carbocycles. The lowest BCUT2D eigenvalue weighted by atomic mass is 10.1. The lowest BCUT2D eigenvalue weighted by Gasteiger charge is -2.15. The average molecular weight is 359 g/mol. The fourth-order valence-corrected chi connectivity index (χ4v) is 2.68. The van der Waals surface area contributed by atoms with E-state index in [0.29, 0.717) is 18.9 Å². The summed E-state index contributed by atoms with van der Waals surface area (Å²) >= 11 is 1.14. The molecular formula is C20H25NO3S. The van der Waals surface area contributed by atoms with Gasteiger partial charge in [0.15, 0.2) is 0 Å². The SMILES string of the molecule is CCOc1ccc(COc2ccc(CC)cc2C)c(NC(=O)SC)c1. The summed E-state index contributed by atoms with van der Waals surface area (Å²) in [5, 5.41) is 2.78. The van der Waals surface area contributed by atoms with E-state index >= 15 is 0 Å². The van der Waals surface area contributed by atoms with Crippen LogP contribution in [0.25, 0.3) is 0 Å². The fourth-order valence-electron chi connectivity index (χ4n) is 2.46. The molecule has 0 fully saturated rings. The first kappa shape index (κ1) is 19.2. The van der Waals surface area contributed by atoms with E-state index in [1.165, 1.54) is 5.56 Å². The van der Waals surface area contributed by atoms with Crippen LogP contribution in [-0.2, 0) is 13.0 Å². The summed E-state index contributed by atoms with van der Waals surface area (Å²) in [6.07, 6.45) is 2.75. The molecule has 0 aliphatic rings. The minimum atomic E-state index is -0.113. The summed E-state index contributed by atoms with van der Waals surface area (Å²) < 4.78 is 11.5. The average Bonchev–Trinajstić information content (AvgIpc) is 2.62. The predicted molar refractivity (Wildman–Crippen MR) is 105 cm³/mol. The molecule has 0 spiro atoms. The zero-order valence-corrected chi connectivity index (χ0v) is 16.0. The van der Waals surface area contributed by atoms with Gasteiger partial charge in [0, 0.05) is 11.6 Å². The Kier molecular flexibility index (Phi) is 7.19. The number of ether oxygens (including phenoxy) is 2. The van der Waals surface area contributed by atoms with E-state index < -0.39 is 0 Å². The number of carbonyl (C=O) groups excluding carboxylic acids is 1. The Bertz CT molecular complexity index is 731. The number of anilines is 1. The highest BCUT2D eigenvalue weighted by atomic mass is 32.2. The summed E-state index contributed by atoms with van der Waals surface area (Å²) in [4.78, 5) is 11.8. The Balaban J connectivity index is 2.18. The third kappa shape index (κ3) is 5.43. The maximum absolute atomic E-state index is 11.8. The number of nitrogens with one attached hydrogen (secondary N) is 1. The molecule has 2 rings (SSSR count). The predicted octanol–water partition coefficient (Wildman–Crippen LogP) is 5.43. The van der Waals surface area contributed by atoms with Crippen LogP contribution in [0.1, 0.15) is 30.5 Å². The molecule has 0 unspecified atom stereocenters. The first-order chi connectivity index (χ1) is 12.1. The number of rotatable bonds is 7. The van der Waals surface area contributed by atoms with Crippen molar-refractivity contribution in [1.82, 2.24) is 0 Å². The second kappa shape index (κ2) is 9.37. The van der Waals surface area contributed by atoms with Gasteiger partial charge in [-0.25, -0.2) is 0 Å². The Labute approximate surface area is 153 Å². The van der Waals surface area contributed by atoms with Crippen molar-refractivity contribution in [2.75, 3.05) is 18.2 Å². The molecule has 0 atom stereocenters. The van der Waals surface area contributed by atoms with Gasteiger partial charge in [0.25, 0.3) is 5.24 Å². The quantitative estimate of drug-likeness (QED) is 0.716. The summed E-state index contributed by atoms with van der Waals surface area (Å²) in [6.45, 7) is 7.07. The Morgan fingerprint density at radius 3 is 2.56 bits per heavy atom. The van der Waals surface area contributed by atoms with Gasteiger partial charge in [0.1, 0.15) is 18.1 Å². The third-order valence-electron chi connectivity index (χ3n) is 3.85. The second-order valence-electron chi connectivity index (χ2n) is 5.61. The van der Waals surface area contributed by atoms with Crippen LogP contribution >= 0.6 is 11.8 Å². The molecule has 1 amide bonds. The van der Waals surface area contributed by atoms with Crippen molar-refractivity contribution in [1.29, 1.82) is 0 Å². The number of hydrogen-bond donors (Lipinski definition) is 1. The molecule has 0 aromatic heterocycles. The van der Waals surface area contributed by atoms with E-state index in [4.69, 9.17) is 9.47 Å². The Hall–Kier alpha value is -2.14. The van der Waals surface area contributed by atoms with Gasteiger partial charge in [-0.05, 0) is 55.9 Å². The molecule has 134 valence electrons. The van der Waals surface area contributed by atoms with E-state index in [9.17, 15) is 4.79 Å². The van der Waals surface area contributed by atoms with E-state index in [1.807, 2.05) is 38.1 Å².